The molecule has 0 aliphatic heterocycles. The lowest BCUT2D eigenvalue weighted by molar-refractivity contribution is -0.148. The molecule has 0 heterocycles. The fourth-order valence-corrected chi connectivity index (χ4v) is 5.88. The van der Waals surface area contributed by atoms with E-state index in [4.69, 9.17) is 10.5 Å². The number of hydrogen-bond donors (Lipinski definition) is 3. The summed E-state index contributed by atoms with van der Waals surface area (Å²) in [5.41, 5.74) is 6.97. The summed E-state index contributed by atoms with van der Waals surface area (Å²) in [6.07, 6.45) is -1.12. The molecule has 0 spiro atoms. The van der Waals surface area contributed by atoms with Crippen molar-refractivity contribution in [3.05, 3.63) is 108 Å². The second-order valence-corrected chi connectivity index (χ2v) is 11.4. The standard InChI is InChI=1S/C31H35N3O6S/c1-30(2,3)40-29(39)34(27(36)20-33-26(35)19-32)25(28(37)38)21-41-31(22-13-7-4-8-14-22,23-15-9-5-10-16-23)24-17-11-6-12-18-24/h4-18,25H,19-21,32H2,1-3H3,(H,33,35)(H,37,38)/t25-/m0/s1. The molecule has 4 N–H and O–H groups in total. The van der Waals surface area contributed by atoms with Crippen LogP contribution in [0.5, 0.6) is 0 Å². The molecule has 3 rings (SSSR count). The van der Waals surface area contributed by atoms with E-state index in [1.54, 1.807) is 20.8 Å². The molecule has 10 heteroatoms. The first-order valence-electron chi connectivity index (χ1n) is 13.0. The molecule has 9 nitrogen and oxygen atoms in total. The van der Waals surface area contributed by atoms with Gasteiger partial charge in [0.15, 0.2) is 0 Å². The summed E-state index contributed by atoms with van der Waals surface area (Å²) in [6.45, 7) is 3.84. The second kappa shape index (κ2) is 14.0. The van der Waals surface area contributed by atoms with Gasteiger partial charge in [0.05, 0.1) is 17.8 Å². The molecule has 0 aliphatic rings. The van der Waals surface area contributed by atoms with Crippen LogP contribution in [-0.2, 0) is 23.9 Å². The van der Waals surface area contributed by atoms with Gasteiger partial charge in [-0.3, -0.25) is 9.59 Å². The molecular formula is C31H35N3O6S. The van der Waals surface area contributed by atoms with Crippen LogP contribution < -0.4 is 11.1 Å². The van der Waals surface area contributed by atoms with Gasteiger partial charge in [0.1, 0.15) is 11.6 Å². The van der Waals surface area contributed by atoms with Gasteiger partial charge in [0.2, 0.25) is 5.91 Å². The van der Waals surface area contributed by atoms with Gasteiger partial charge in [0.25, 0.3) is 5.91 Å². The lowest BCUT2D eigenvalue weighted by Gasteiger charge is -2.37. The van der Waals surface area contributed by atoms with Crippen LogP contribution in [0.1, 0.15) is 37.5 Å². The van der Waals surface area contributed by atoms with E-state index in [0.29, 0.717) is 4.90 Å². The van der Waals surface area contributed by atoms with Crippen LogP contribution in [0.4, 0.5) is 4.79 Å². The smallest absolute Gasteiger partial charge is 0.417 e. The normalized spacial score (nSPS) is 12.2. The Labute approximate surface area is 244 Å². The number of benzene rings is 3. The van der Waals surface area contributed by atoms with Crippen molar-refractivity contribution in [3.8, 4) is 0 Å². The van der Waals surface area contributed by atoms with Crippen LogP contribution >= 0.6 is 11.8 Å². The van der Waals surface area contributed by atoms with E-state index < -0.39 is 46.8 Å². The van der Waals surface area contributed by atoms with Crippen LogP contribution in [0.2, 0.25) is 0 Å². The first-order valence-corrected chi connectivity index (χ1v) is 14.0. The third-order valence-corrected chi connectivity index (χ3v) is 7.70. The van der Waals surface area contributed by atoms with Crippen molar-refractivity contribution in [3.63, 3.8) is 0 Å². The Morgan fingerprint density at radius 2 is 1.29 bits per heavy atom. The zero-order valence-corrected chi connectivity index (χ0v) is 24.1. The number of nitrogens with one attached hydrogen (secondary N) is 1. The highest BCUT2D eigenvalue weighted by molar-refractivity contribution is 8.00. The van der Waals surface area contributed by atoms with Crippen LogP contribution in [0.25, 0.3) is 0 Å². The average molecular weight is 578 g/mol. The maximum atomic E-state index is 13.3. The molecule has 3 aromatic rings. The molecule has 0 radical (unpaired) electrons. The third kappa shape index (κ3) is 7.96. The van der Waals surface area contributed by atoms with E-state index in [0.717, 1.165) is 16.7 Å². The molecule has 0 fully saturated rings. The highest BCUT2D eigenvalue weighted by atomic mass is 32.2. The lowest BCUT2D eigenvalue weighted by Crippen LogP contribution is -2.54. The fourth-order valence-electron chi connectivity index (χ4n) is 4.27. The van der Waals surface area contributed by atoms with E-state index in [1.165, 1.54) is 11.8 Å². The summed E-state index contributed by atoms with van der Waals surface area (Å²) in [5, 5.41) is 12.7. The molecule has 0 saturated heterocycles. The van der Waals surface area contributed by atoms with E-state index >= 15 is 0 Å². The molecule has 0 aromatic heterocycles. The summed E-state index contributed by atoms with van der Waals surface area (Å²) in [4.78, 5) is 51.5. The molecule has 3 aromatic carbocycles. The van der Waals surface area contributed by atoms with Crippen molar-refractivity contribution >= 4 is 35.6 Å². The first-order chi connectivity index (χ1) is 19.5. The Hall–Kier alpha value is -4.15. The van der Waals surface area contributed by atoms with E-state index in [-0.39, 0.29) is 12.3 Å². The highest BCUT2D eigenvalue weighted by Gasteiger charge is 2.42. The zero-order valence-electron chi connectivity index (χ0n) is 23.3. The summed E-state index contributed by atoms with van der Waals surface area (Å²) >= 11 is 1.28. The van der Waals surface area contributed by atoms with Crippen LogP contribution in [0.3, 0.4) is 0 Å². The Kier molecular flexibility index (Phi) is 10.7. The quantitative estimate of drug-likeness (QED) is 0.291. The van der Waals surface area contributed by atoms with Gasteiger partial charge >= 0.3 is 12.1 Å². The number of carboxylic acids is 1. The maximum absolute atomic E-state index is 13.3. The Morgan fingerprint density at radius 1 is 0.854 bits per heavy atom. The van der Waals surface area contributed by atoms with Gasteiger partial charge in [-0.2, -0.15) is 0 Å². The molecule has 0 bridgehead atoms. The van der Waals surface area contributed by atoms with Gasteiger partial charge in [-0.05, 0) is 37.5 Å². The maximum Gasteiger partial charge on any atom is 0.417 e. The largest absolute Gasteiger partial charge is 0.480 e. The van der Waals surface area contributed by atoms with Crippen LogP contribution in [-0.4, -0.2) is 64.4 Å². The molecule has 0 saturated carbocycles. The van der Waals surface area contributed by atoms with Gasteiger partial charge in [-0.15, -0.1) is 11.8 Å². The summed E-state index contributed by atoms with van der Waals surface area (Å²) < 4.78 is 4.53. The van der Waals surface area contributed by atoms with E-state index in [9.17, 15) is 24.3 Å². The lowest BCUT2D eigenvalue weighted by atomic mass is 9.84. The van der Waals surface area contributed by atoms with Crippen molar-refractivity contribution in [1.29, 1.82) is 0 Å². The minimum Gasteiger partial charge on any atom is -0.480 e. The SMILES string of the molecule is CC(C)(C)OC(=O)N(C(=O)CNC(=O)CN)[C@@H](CSC(c1ccccc1)(c1ccccc1)c1ccccc1)C(=O)O. The Bertz CT molecular complexity index is 1230. The predicted molar refractivity (Wildman–Crippen MR) is 158 cm³/mol. The van der Waals surface area contributed by atoms with Gasteiger partial charge in [0, 0.05) is 5.75 Å². The fraction of sp³-hybridized carbons (Fsp3) is 0.290. The number of nitrogens with two attached hydrogens (primary N) is 1. The molecule has 41 heavy (non-hydrogen) atoms. The number of thioether (sulfide) groups is 1. The summed E-state index contributed by atoms with van der Waals surface area (Å²) in [5.74, 6) is -3.15. The number of hydrogen-bond acceptors (Lipinski definition) is 7. The number of ether oxygens (including phenoxy) is 1. The van der Waals surface area contributed by atoms with Crippen molar-refractivity contribution in [2.24, 2.45) is 5.73 Å². The number of imide groups is 1. The second-order valence-electron chi connectivity index (χ2n) is 10.2. The Morgan fingerprint density at radius 3 is 1.66 bits per heavy atom. The monoisotopic (exact) mass is 577 g/mol. The minimum atomic E-state index is -1.62. The van der Waals surface area contributed by atoms with Gasteiger partial charge in [-0.1, -0.05) is 91.0 Å². The molecule has 1 atom stereocenters. The Balaban J connectivity index is 2.12. The number of rotatable bonds is 11. The van der Waals surface area contributed by atoms with Crippen molar-refractivity contribution < 1.29 is 29.0 Å². The van der Waals surface area contributed by atoms with E-state index in [2.05, 4.69) is 5.32 Å². The minimum absolute atomic E-state index is 0.191. The van der Waals surface area contributed by atoms with E-state index in [1.807, 2.05) is 91.0 Å². The van der Waals surface area contributed by atoms with Crippen LogP contribution in [0, 0.1) is 0 Å². The molecule has 0 unspecified atom stereocenters. The highest BCUT2D eigenvalue weighted by Crippen LogP contribution is 2.48. The first kappa shape index (κ1) is 31.4. The van der Waals surface area contributed by atoms with Crippen molar-refractivity contribution in [2.45, 2.75) is 37.2 Å². The average Bonchev–Trinajstić information content (AvgIpc) is 2.96. The number of carboxylic acid groups (broad SMARTS) is 1. The van der Waals surface area contributed by atoms with Gasteiger partial charge in [-0.25, -0.2) is 14.5 Å². The summed E-state index contributed by atoms with van der Waals surface area (Å²) in [7, 11) is 0. The topological polar surface area (TPSA) is 139 Å². The van der Waals surface area contributed by atoms with Crippen molar-refractivity contribution in [1.82, 2.24) is 10.2 Å². The molecule has 216 valence electrons. The van der Waals surface area contributed by atoms with Gasteiger partial charge < -0.3 is 20.9 Å². The third-order valence-electron chi connectivity index (χ3n) is 6.08. The number of carbonyl (C=O) groups excluding carboxylic acids is 3. The molecule has 3 amide bonds. The number of carbonyl (C=O) groups is 4. The molecular weight excluding hydrogens is 542 g/mol. The summed E-state index contributed by atoms with van der Waals surface area (Å²) in [6, 6.07) is 27.3. The zero-order chi connectivity index (χ0) is 30.0. The number of aliphatic carboxylic acids is 1. The number of amides is 3. The predicted octanol–water partition coefficient (Wildman–Crippen LogP) is 4.00. The van der Waals surface area contributed by atoms with Crippen molar-refractivity contribution in [2.75, 3.05) is 18.8 Å². The number of nitrogens with zero attached hydrogens (tertiary/aromatic N) is 1. The molecule has 0 aliphatic carbocycles. The van der Waals surface area contributed by atoms with Crippen LogP contribution in [0.15, 0.2) is 91.0 Å².